The molecule has 98 valence electrons. The Balaban J connectivity index is 2.22. The highest BCUT2D eigenvalue weighted by Gasteiger charge is 2.34. The number of nitrogens with one attached hydrogen (secondary N) is 1. The predicted octanol–water partition coefficient (Wildman–Crippen LogP) is 1.20. The fraction of sp³-hybridized carbons (Fsp3) is 0.273. The van der Waals surface area contributed by atoms with Gasteiger partial charge in [0.2, 0.25) is 11.8 Å². The van der Waals surface area contributed by atoms with Crippen LogP contribution >= 0.6 is 23.3 Å². The third kappa shape index (κ3) is 1.85. The van der Waals surface area contributed by atoms with Crippen molar-refractivity contribution in [3.63, 3.8) is 0 Å². The molecule has 1 aromatic carbocycles. The average Bonchev–Trinajstić information content (AvgIpc) is 2.85. The summed E-state index contributed by atoms with van der Waals surface area (Å²) in [5.74, 6) is -0.426. The summed E-state index contributed by atoms with van der Waals surface area (Å²) in [5.41, 5.74) is 1.67. The van der Waals surface area contributed by atoms with E-state index < -0.39 is 6.04 Å². The Labute approximate surface area is 117 Å². The molecule has 1 fully saturated rings. The molecule has 1 unspecified atom stereocenters. The first-order valence-electron chi connectivity index (χ1n) is 5.60. The van der Waals surface area contributed by atoms with Crippen LogP contribution in [0.2, 0.25) is 5.02 Å². The molecule has 1 N–H and O–H groups in total. The van der Waals surface area contributed by atoms with Crippen LogP contribution in [0.25, 0.3) is 11.0 Å². The lowest BCUT2D eigenvalue weighted by Crippen LogP contribution is -2.57. The fourth-order valence-corrected chi connectivity index (χ4v) is 2.87. The maximum absolute atomic E-state index is 12.1. The number of halogens is 1. The smallest absolute Gasteiger partial charge is 0.247 e. The highest BCUT2D eigenvalue weighted by molar-refractivity contribution is 7.00. The van der Waals surface area contributed by atoms with Crippen molar-refractivity contribution >= 4 is 51.9 Å². The van der Waals surface area contributed by atoms with E-state index in [0.29, 0.717) is 21.7 Å². The van der Waals surface area contributed by atoms with Gasteiger partial charge in [-0.1, -0.05) is 11.6 Å². The number of amides is 2. The Hall–Kier alpha value is -1.73. The van der Waals surface area contributed by atoms with Crippen molar-refractivity contribution in [1.29, 1.82) is 0 Å². The van der Waals surface area contributed by atoms with Crippen LogP contribution in [-0.4, -0.2) is 33.1 Å². The van der Waals surface area contributed by atoms with E-state index in [4.69, 9.17) is 11.6 Å². The number of piperazine rings is 1. The molecule has 19 heavy (non-hydrogen) atoms. The van der Waals surface area contributed by atoms with Gasteiger partial charge in [-0.25, -0.2) is 0 Å². The highest BCUT2D eigenvalue weighted by Crippen LogP contribution is 2.35. The molecule has 0 radical (unpaired) electrons. The first kappa shape index (κ1) is 12.3. The van der Waals surface area contributed by atoms with Gasteiger partial charge in [0.15, 0.2) is 0 Å². The average molecular weight is 297 g/mol. The number of rotatable bonds is 1. The minimum Gasteiger partial charge on any atom is -0.345 e. The topological polar surface area (TPSA) is 75.2 Å². The van der Waals surface area contributed by atoms with Gasteiger partial charge in [-0.3, -0.25) is 14.5 Å². The van der Waals surface area contributed by atoms with Crippen LogP contribution in [0.1, 0.15) is 6.92 Å². The molecule has 2 aromatic rings. The number of carbonyl (C=O) groups is 2. The monoisotopic (exact) mass is 296 g/mol. The van der Waals surface area contributed by atoms with Crippen LogP contribution in [0, 0.1) is 0 Å². The standard InChI is InChI=1S/C11H9ClN4O2S/c1-5-11(18)13-4-8(17)16(5)10-6(12)2-3-7-9(10)15-19-14-7/h2-3,5H,4H2,1H3,(H,13,18). The van der Waals surface area contributed by atoms with Crippen LogP contribution in [-0.2, 0) is 9.59 Å². The van der Waals surface area contributed by atoms with E-state index >= 15 is 0 Å². The Kier molecular flexibility index (Phi) is 2.87. The summed E-state index contributed by atoms with van der Waals surface area (Å²) in [4.78, 5) is 25.2. The number of anilines is 1. The SMILES string of the molecule is CC1C(=O)NCC(=O)N1c1c(Cl)ccc2nsnc12. The molecule has 2 amide bonds. The Bertz CT molecular complexity index is 686. The van der Waals surface area contributed by atoms with Gasteiger partial charge in [-0.15, -0.1) is 0 Å². The molecule has 1 saturated heterocycles. The number of benzene rings is 1. The summed E-state index contributed by atoms with van der Waals surface area (Å²) in [6, 6.07) is 2.78. The quantitative estimate of drug-likeness (QED) is 0.858. The molecule has 1 aromatic heterocycles. The van der Waals surface area contributed by atoms with Crippen molar-refractivity contribution in [2.45, 2.75) is 13.0 Å². The maximum Gasteiger partial charge on any atom is 0.247 e. The normalized spacial score (nSPS) is 19.9. The molecule has 0 bridgehead atoms. The number of aromatic nitrogens is 2. The third-order valence-corrected chi connectivity index (χ3v) is 3.89. The molecule has 0 spiro atoms. The molecular formula is C11H9ClN4O2S. The number of fused-ring (bicyclic) bond motifs is 1. The number of nitrogens with zero attached hydrogens (tertiary/aromatic N) is 3. The Morgan fingerprint density at radius 2 is 2.21 bits per heavy atom. The lowest BCUT2D eigenvalue weighted by atomic mass is 10.1. The minimum atomic E-state index is -0.619. The van der Waals surface area contributed by atoms with E-state index in [1.54, 1.807) is 19.1 Å². The van der Waals surface area contributed by atoms with Crippen LogP contribution in [0.3, 0.4) is 0 Å². The van der Waals surface area contributed by atoms with Crippen molar-refractivity contribution in [2.24, 2.45) is 0 Å². The first-order valence-corrected chi connectivity index (χ1v) is 6.71. The van der Waals surface area contributed by atoms with Crippen LogP contribution < -0.4 is 10.2 Å². The zero-order chi connectivity index (χ0) is 13.6. The third-order valence-electron chi connectivity index (χ3n) is 3.04. The summed E-state index contributed by atoms with van der Waals surface area (Å²) in [6.45, 7) is 1.62. The largest absolute Gasteiger partial charge is 0.345 e. The van der Waals surface area contributed by atoms with Crippen molar-refractivity contribution in [3.05, 3.63) is 17.2 Å². The van der Waals surface area contributed by atoms with Gasteiger partial charge in [0.25, 0.3) is 0 Å². The summed E-state index contributed by atoms with van der Waals surface area (Å²) in [6.07, 6.45) is 0. The lowest BCUT2D eigenvalue weighted by molar-refractivity contribution is -0.130. The second-order valence-corrected chi connectivity index (χ2v) is 5.12. The van der Waals surface area contributed by atoms with Crippen LogP contribution in [0.15, 0.2) is 12.1 Å². The van der Waals surface area contributed by atoms with E-state index in [2.05, 4.69) is 14.1 Å². The van der Waals surface area contributed by atoms with E-state index in [-0.39, 0.29) is 18.4 Å². The van der Waals surface area contributed by atoms with Crippen molar-refractivity contribution in [2.75, 3.05) is 11.4 Å². The molecule has 1 aliphatic rings. The molecule has 3 rings (SSSR count). The van der Waals surface area contributed by atoms with Gasteiger partial charge in [0.1, 0.15) is 17.1 Å². The Morgan fingerprint density at radius 3 is 3.00 bits per heavy atom. The molecule has 0 aliphatic carbocycles. The first-order chi connectivity index (χ1) is 9.09. The van der Waals surface area contributed by atoms with Gasteiger partial charge in [-0.05, 0) is 19.1 Å². The molecule has 2 heterocycles. The lowest BCUT2D eigenvalue weighted by Gasteiger charge is -2.33. The van der Waals surface area contributed by atoms with E-state index in [1.807, 2.05) is 0 Å². The molecular weight excluding hydrogens is 288 g/mol. The van der Waals surface area contributed by atoms with E-state index in [9.17, 15) is 9.59 Å². The second kappa shape index (κ2) is 4.43. The number of hydrogen-bond donors (Lipinski definition) is 1. The summed E-state index contributed by atoms with van der Waals surface area (Å²) < 4.78 is 8.29. The van der Waals surface area contributed by atoms with Gasteiger partial charge in [-0.2, -0.15) is 8.75 Å². The summed E-state index contributed by atoms with van der Waals surface area (Å²) >= 11 is 7.23. The van der Waals surface area contributed by atoms with Gasteiger partial charge >= 0.3 is 0 Å². The molecule has 1 atom stereocenters. The number of carbonyl (C=O) groups excluding carboxylic acids is 2. The van der Waals surface area contributed by atoms with E-state index in [0.717, 1.165) is 11.7 Å². The van der Waals surface area contributed by atoms with Crippen molar-refractivity contribution in [3.8, 4) is 0 Å². The summed E-state index contributed by atoms with van der Waals surface area (Å²) in [5, 5.41) is 2.92. The van der Waals surface area contributed by atoms with Crippen LogP contribution in [0.5, 0.6) is 0 Å². The molecule has 6 nitrogen and oxygen atoms in total. The van der Waals surface area contributed by atoms with Crippen LogP contribution in [0.4, 0.5) is 5.69 Å². The van der Waals surface area contributed by atoms with Crippen molar-refractivity contribution in [1.82, 2.24) is 14.1 Å². The molecule has 1 aliphatic heterocycles. The maximum atomic E-state index is 12.1. The fourth-order valence-electron chi connectivity index (χ4n) is 2.09. The summed E-state index contributed by atoms with van der Waals surface area (Å²) in [7, 11) is 0. The zero-order valence-corrected chi connectivity index (χ0v) is 11.5. The second-order valence-electron chi connectivity index (χ2n) is 4.19. The molecule has 0 saturated carbocycles. The minimum absolute atomic E-state index is 0.0343. The molecule has 8 heteroatoms. The van der Waals surface area contributed by atoms with Crippen molar-refractivity contribution < 1.29 is 9.59 Å². The predicted molar refractivity (Wildman–Crippen MR) is 72.4 cm³/mol. The van der Waals surface area contributed by atoms with Gasteiger partial charge in [0, 0.05) is 0 Å². The highest BCUT2D eigenvalue weighted by atomic mass is 35.5. The zero-order valence-electron chi connectivity index (χ0n) is 9.88. The van der Waals surface area contributed by atoms with Gasteiger partial charge in [0.05, 0.1) is 29.0 Å². The number of hydrogen-bond acceptors (Lipinski definition) is 5. The Morgan fingerprint density at radius 1 is 1.42 bits per heavy atom. The van der Waals surface area contributed by atoms with Gasteiger partial charge < -0.3 is 5.32 Å². The van der Waals surface area contributed by atoms with E-state index in [1.165, 1.54) is 4.90 Å².